The van der Waals surface area contributed by atoms with Gasteiger partial charge in [0.25, 0.3) is 5.91 Å². The first-order chi connectivity index (χ1) is 13.2. The molecule has 2 aromatic rings. The van der Waals surface area contributed by atoms with Crippen LogP contribution in [0.5, 0.6) is 0 Å². The topological polar surface area (TPSA) is 72.2 Å². The van der Waals surface area contributed by atoms with E-state index in [0.717, 1.165) is 30.4 Å². The van der Waals surface area contributed by atoms with Gasteiger partial charge in [-0.05, 0) is 48.1 Å². The Bertz CT molecular complexity index is 865. The molecule has 0 spiro atoms. The number of carbonyl (C=O) groups is 2. The molecule has 150 valence electrons. The van der Waals surface area contributed by atoms with Crippen LogP contribution in [-0.2, 0) is 17.6 Å². The summed E-state index contributed by atoms with van der Waals surface area (Å²) in [5.74, 6) is -0.212. The molecule has 3 rings (SSSR count). The normalized spacial score (nSPS) is 17.6. The van der Waals surface area contributed by atoms with Gasteiger partial charge in [-0.15, -0.1) is 11.3 Å². The van der Waals surface area contributed by atoms with Crippen LogP contribution in [0.4, 0.5) is 5.00 Å². The molecule has 0 bridgehead atoms. The maximum atomic E-state index is 13.0. The van der Waals surface area contributed by atoms with E-state index in [4.69, 9.17) is 5.73 Å². The molecular weight excluding hydrogens is 368 g/mol. The van der Waals surface area contributed by atoms with Gasteiger partial charge in [-0.25, -0.2) is 0 Å². The van der Waals surface area contributed by atoms with Crippen LogP contribution in [0.15, 0.2) is 30.3 Å². The molecule has 2 amide bonds. The first kappa shape index (κ1) is 20.6. The largest absolute Gasteiger partial charge is 0.365 e. The zero-order chi connectivity index (χ0) is 20.5. The summed E-state index contributed by atoms with van der Waals surface area (Å²) < 4.78 is 0. The van der Waals surface area contributed by atoms with Crippen LogP contribution in [0.2, 0.25) is 0 Å². The van der Waals surface area contributed by atoms with E-state index in [-0.39, 0.29) is 17.2 Å². The Morgan fingerprint density at radius 3 is 2.50 bits per heavy atom. The minimum atomic E-state index is -0.449. The quantitative estimate of drug-likeness (QED) is 0.733. The van der Waals surface area contributed by atoms with Crippen molar-refractivity contribution in [2.24, 2.45) is 17.1 Å². The molecule has 5 heteroatoms. The number of rotatable bonds is 5. The van der Waals surface area contributed by atoms with E-state index in [1.165, 1.54) is 16.2 Å². The molecule has 3 N–H and O–H groups in total. The van der Waals surface area contributed by atoms with Crippen LogP contribution in [0.25, 0.3) is 0 Å². The zero-order valence-corrected chi connectivity index (χ0v) is 18.0. The molecule has 0 unspecified atom stereocenters. The van der Waals surface area contributed by atoms with Crippen molar-refractivity contribution in [2.75, 3.05) is 5.32 Å². The third kappa shape index (κ3) is 4.14. The van der Waals surface area contributed by atoms with Crippen molar-refractivity contribution in [3.05, 3.63) is 51.9 Å². The fraction of sp³-hybridized carbons (Fsp3) is 0.478. The predicted molar refractivity (Wildman–Crippen MR) is 116 cm³/mol. The Balaban J connectivity index is 1.89. The van der Waals surface area contributed by atoms with E-state index in [0.29, 0.717) is 22.9 Å². The van der Waals surface area contributed by atoms with Crippen molar-refractivity contribution < 1.29 is 9.59 Å². The Morgan fingerprint density at radius 1 is 1.25 bits per heavy atom. The van der Waals surface area contributed by atoms with Gasteiger partial charge in [0.15, 0.2) is 0 Å². The van der Waals surface area contributed by atoms with Crippen molar-refractivity contribution in [2.45, 2.75) is 59.3 Å². The van der Waals surface area contributed by atoms with E-state index in [1.54, 1.807) is 0 Å². The summed E-state index contributed by atoms with van der Waals surface area (Å²) in [7, 11) is 0. The van der Waals surface area contributed by atoms with Gasteiger partial charge in [-0.2, -0.15) is 0 Å². The number of thiophene rings is 1. The predicted octanol–water partition coefficient (Wildman–Crippen LogP) is 5.13. The van der Waals surface area contributed by atoms with E-state index in [9.17, 15) is 9.59 Å². The smallest absolute Gasteiger partial charge is 0.251 e. The summed E-state index contributed by atoms with van der Waals surface area (Å²) >= 11 is 1.53. The number of nitrogens with two attached hydrogens (primary N) is 1. The van der Waals surface area contributed by atoms with Gasteiger partial charge in [0.1, 0.15) is 5.00 Å². The number of fused-ring (bicyclic) bond motifs is 1. The Labute approximate surface area is 171 Å². The lowest BCUT2D eigenvalue weighted by molar-refractivity contribution is -0.117. The second-order valence-electron chi connectivity index (χ2n) is 8.74. The van der Waals surface area contributed by atoms with Gasteiger partial charge >= 0.3 is 0 Å². The lowest BCUT2D eigenvalue weighted by atomic mass is 9.72. The van der Waals surface area contributed by atoms with Gasteiger partial charge in [-0.3, -0.25) is 9.59 Å². The molecule has 1 aliphatic rings. The van der Waals surface area contributed by atoms with Crippen LogP contribution in [0.1, 0.15) is 72.8 Å². The van der Waals surface area contributed by atoms with E-state index in [1.807, 2.05) is 37.3 Å². The summed E-state index contributed by atoms with van der Waals surface area (Å²) in [4.78, 5) is 26.4. The van der Waals surface area contributed by atoms with E-state index in [2.05, 4.69) is 26.1 Å². The molecular formula is C23H30N2O2S. The highest BCUT2D eigenvalue weighted by molar-refractivity contribution is 7.17. The summed E-state index contributed by atoms with van der Waals surface area (Å²) in [6.45, 7) is 8.79. The number of primary amides is 1. The fourth-order valence-corrected chi connectivity index (χ4v) is 5.47. The van der Waals surface area contributed by atoms with Crippen LogP contribution < -0.4 is 11.1 Å². The van der Waals surface area contributed by atoms with E-state index < -0.39 is 5.91 Å². The number of benzene rings is 1. The second kappa shape index (κ2) is 8.08. The standard InChI is InChI=1S/C23H30N2O2S/c1-5-16(14-9-7-6-8-10-14)21(27)25-22-19(20(24)26)17-12-11-15(23(2,3)4)13-18(17)28-22/h6-10,15-16H,5,11-13H2,1-4H3,(H2,24,26)(H,25,27)/t15-,16+/m1/s1. The molecule has 1 aromatic carbocycles. The molecule has 1 heterocycles. The maximum absolute atomic E-state index is 13.0. The molecule has 4 nitrogen and oxygen atoms in total. The Morgan fingerprint density at radius 2 is 1.93 bits per heavy atom. The number of nitrogens with one attached hydrogen (secondary N) is 1. The van der Waals surface area contributed by atoms with Crippen LogP contribution in [0, 0.1) is 11.3 Å². The minimum Gasteiger partial charge on any atom is -0.365 e. The molecule has 2 atom stereocenters. The van der Waals surface area contributed by atoms with Gasteiger partial charge in [0.05, 0.1) is 11.5 Å². The molecule has 28 heavy (non-hydrogen) atoms. The molecule has 0 saturated heterocycles. The summed E-state index contributed by atoms with van der Waals surface area (Å²) in [5.41, 5.74) is 8.48. The fourth-order valence-electron chi connectivity index (χ4n) is 4.13. The monoisotopic (exact) mass is 398 g/mol. The van der Waals surface area contributed by atoms with Gasteiger partial charge in [-0.1, -0.05) is 58.0 Å². The highest BCUT2D eigenvalue weighted by Gasteiger charge is 2.34. The Kier molecular flexibility index (Phi) is 5.94. The Hall–Kier alpha value is -2.14. The number of hydrogen-bond acceptors (Lipinski definition) is 3. The zero-order valence-electron chi connectivity index (χ0n) is 17.2. The molecule has 1 aliphatic carbocycles. The average molecular weight is 399 g/mol. The third-order valence-corrected chi connectivity index (χ3v) is 7.07. The van der Waals surface area contributed by atoms with Gasteiger partial charge in [0, 0.05) is 4.88 Å². The van der Waals surface area contributed by atoms with Crippen molar-refractivity contribution in [3.8, 4) is 0 Å². The molecule has 0 fully saturated rings. The lowest BCUT2D eigenvalue weighted by Crippen LogP contribution is -2.27. The molecule has 1 aromatic heterocycles. The second-order valence-corrected chi connectivity index (χ2v) is 9.84. The first-order valence-corrected chi connectivity index (χ1v) is 10.8. The summed E-state index contributed by atoms with van der Waals surface area (Å²) in [5, 5.41) is 3.65. The van der Waals surface area contributed by atoms with Crippen LogP contribution >= 0.6 is 11.3 Å². The molecule has 0 aliphatic heterocycles. The first-order valence-electron chi connectivity index (χ1n) is 10.0. The highest BCUT2D eigenvalue weighted by atomic mass is 32.1. The van der Waals surface area contributed by atoms with Crippen molar-refractivity contribution in [1.29, 1.82) is 0 Å². The minimum absolute atomic E-state index is 0.0813. The number of anilines is 1. The highest BCUT2D eigenvalue weighted by Crippen LogP contribution is 2.44. The SMILES string of the molecule is CC[C@H](C(=O)Nc1sc2c(c1C(N)=O)CC[C@@H](C(C)(C)C)C2)c1ccccc1. The van der Waals surface area contributed by atoms with Gasteiger partial charge in [0.2, 0.25) is 5.91 Å². The van der Waals surface area contributed by atoms with Crippen LogP contribution in [0.3, 0.4) is 0 Å². The number of carbonyl (C=O) groups excluding carboxylic acids is 2. The average Bonchev–Trinajstić information content (AvgIpc) is 2.99. The summed E-state index contributed by atoms with van der Waals surface area (Å²) in [6.07, 6.45) is 3.52. The summed E-state index contributed by atoms with van der Waals surface area (Å²) in [6, 6.07) is 9.76. The van der Waals surface area contributed by atoms with Gasteiger partial charge < -0.3 is 11.1 Å². The number of hydrogen-bond donors (Lipinski definition) is 2. The molecule has 0 saturated carbocycles. The molecule has 0 radical (unpaired) electrons. The van der Waals surface area contributed by atoms with Crippen LogP contribution in [-0.4, -0.2) is 11.8 Å². The van der Waals surface area contributed by atoms with Crippen molar-refractivity contribution in [3.63, 3.8) is 0 Å². The number of amides is 2. The lowest BCUT2D eigenvalue weighted by Gasteiger charge is -2.33. The van der Waals surface area contributed by atoms with E-state index >= 15 is 0 Å². The third-order valence-electron chi connectivity index (χ3n) is 5.90. The van der Waals surface area contributed by atoms with Crippen molar-refractivity contribution in [1.82, 2.24) is 0 Å². The maximum Gasteiger partial charge on any atom is 0.251 e. The van der Waals surface area contributed by atoms with Crippen molar-refractivity contribution >= 4 is 28.2 Å².